The maximum Gasteiger partial charge on any atom is 0.277 e. The number of aromatic nitrogens is 4. The zero-order valence-electron chi connectivity index (χ0n) is 15.8. The molecular formula is C20H24N6O2. The number of H-pyrrole nitrogens is 1. The molecule has 2 aromatic heterocycles. The van der Waals surface area contributed by atoms with E-state index in [4.69, 9.17) is 0 Å². The molecule has 8 nitrogen and oxygen atoms in total. The zero-order valence-corrected chi connectivity index (χ0v) is 15.8. The summed E-state index contributed by atoms with van der Waals surface area (Å²) >= 11 is 0. The molecule has 1 amide bonds. The highest BCUT2D eigenvalue weighted by atomic mass is 16.2. The number of carbonyl (C=O) groups is 1. The van der Waals surface area contributed by atoms with Gasteiger partial charge in [-0.15, -0.1) is 5.10 Å². The van der Waals surface area contributed by atoms with Gasteiger partial charge in [-0.1, -0.05) is 17.3 Å². The highest BCUT2D eigenvalue weighted by molar-refractivity contribution is 5.99. The van der Waals surface area contributed by atoms with Crippen LogP contribution in [0.5, 0.6) is 0 Å². The van der Waals surface area contributed by atoms with E-state index >= 15 is 0 Å². The second-order valence-corrected chi connectivity index (χ2v) is 7.94. The Bertz CT molecular complexity index is 1080. The molecular weight excluding hydrogens is 356 g/mol. The van der Waals surface area contributed by atoms with Crippen molar-refractivity contribution in [1.29, 1.82) is 0 Å². The molecule has 0 saturated carbocycles. The molecule has 0 bridgehead atoms. The predicted molar refractivity (Wildman–Crippen MR) is 105 cm³/mol. The van der Waals surface area contributed by atoms with Crippen LogP contribution >= 0.6 is 0 Å². The van der Waals surface area contributed by atoms with Gasteiger partial charge in [0.2, 0.25) is 0 Å². The van der Waals surface area contributed by atoms with Crippen LogP contribution in [0.3, 0.4) is 0 Å². The topological polar surface area (TPSA) is 86.6 Å². The van der Waals surface area contributed by atoms with E-state index in [1.165, 1.54) is 30.4 Å². The highest BCUT2D eigenvalue weighted by Gasteiger charge is 2.30. The van der Waals surface area contributed by atoms with Crippen molar-refractivity contribution in [2.45, 2.75) is 25.7 Å². The summed E-state index contributed by atoms with van der Waals surface area (Å²) < 4.78 is 1.48. The van der Waals surface area contributed by atoms with E-state index in [9.17, 15) is 9.59 Å². The minimum absolute atomic E-state index is 0.147. The number of hydrogen-bond acceptors (Lipinski definition) is 5. The first-order chi connectivity index (χ1) is 13.7. The Morgan fingerprint density at radius 1 is 1.14 bits per heavy atom. The number of likely N-dealkylation sites (tertiary alicyclic amines) is 2. The predicted octanol–water partition coefficient (Wildman–Crippen LogP) is 1.52. The number of rotatable bonds is 3. The SMILES string of the molecule is O=C(c1nnn2c1c(=O)[nH]c1ccccc12)N1CCC[C@@H](CN2CCCC2)C1. The van der Waals surface area contributed by atoms with E-state index < -0.39 is 0 Å². The summed E-state index contributed by atoms with van der Waals surface area (Å²) in [5, 5.41) is 8.22. The van der Waals surface area contributed by atoms with Gasteiger partial charge in [-0.2, -0.15) is 0 Å². The zero-order chi connectivity index (χ0) is 19.1. The Morgan fingerprint density at radius 2 is 1.96 bits per heavy atom. The molecule has 1 atom stereocenters. The quantitative estimate of drug-likeness (QED) is 0.744. The summed E-state index contributed by atoms with van der Waals surface area (Å²) in [6.07, 6.45) is 4.69. The molecule has 8 heteroatoms. The molecule has 3 aromatic rings. The largest absolute Gasteiger partial charge is 0.337 e. The van der Waals surface area contributed by atoms with Gasteiger partial charge in [-0.05, 0) is 56.8 Å². The first-order valence-corrected chi connectivity index (χ1v) is 10.1. The minimum Gasteiger partial charge on any atom is -0.337 e. The summed E-state index contributed by atoms with van der Waals surface area (Å²) in [5.74, 6) is 0.290. The van der Waals surface area contributed by atoms with Gasteiger partial charge >= 0.3 is 0 Å². The molecule has 4 heterocycles. The second-order valence-electron chi connectivity index (χ2n) is 7.94. The van der Waals surface area contributed by atoms with Crippen LogP contribution in [0, 0.1) is 5.92 Å². The van der Waals surface area contributed by atoms with Gasteiger partial charge in [0.05, 0.1) is 11.0 Å². The van der Waals surface area contributed by atoms with Crippen molar-refractivity contribution in [3.05, 3.63) is 40.3 Å². The lowest BCUT2D eigenvalue weighted by Gasteiger charge is -2.34. The van der Waals surface area contributed by atoms with Crippen molar-refractivity contribution in [3.63, 3.8) is 0 Å². The van der Waals surface area contributed by atoms with Gasteiger partial charge in [0, 0.05) is 19.6 Å². The normalized spacial score (nSPS) is 21.0. The molecule has 2 saturated heterocycles. The Balaban J connectivity index is 1.44. The molecule has 1 aromatic carbocycles. The Morgan fingerprint density at radius 3 is 2.82 bits per heavy atom. The fourth-order valence-electron chi connectivity index (χ4n) is 4.62. The average Bonchev–Trinajstić information content (AvgIpc) is 3.38. The minimum atomic E-state index is -0.335. The lowest BCUT2D eigenvalue weighted by atomic mass is 9.97. The summed E-state index contributed by atoms with van der Waals surface area (Å²) in [7, 11) is 0. The number of benzene rings is 1. The number of para-hydroxylation sites is 2. The van der Waals surface area contributed by atoms with Crippen LogP contribution in [0.15, 0.2) is 29.1 Å². The molecule has 146 valence electrons. The summed E-state index contributed by atoms with van der Waals surface area (Å²) in [6.45, 7) is 4.82. The third-order valence-corrected chi connectivity index (χ3v) is 5.99. The lowest BCUT2D eigenvalue weighted by molar-refractivity contribution is 0.0644. The van der Waals surface area contributed by atoms with Gasteiger partial charge in [0.15, 0.2) is 11.2 Å². The van der Waals surface area contributed by atoms with Crippen LogP contribution in [-0.2, 0) is 0 Å². The van der Waals surface area contributed by atoms with Crippen molar-refractivity contribution < 1.29 is 4.79 Å². The van der Waals surface area contributed by atoms with Crippen LogP contribution in [0.4, 0.5) is 0 Å². The van der Waals surface area contributed by atoms with Crippen molar-refractivity contribution in [2.24, 2.45) is 5.92 Å². The third-order valence-electron chi connectivity index (χ3n) is 5.99. The maximum absolute atomic E-state index is 13.2. The fraction of sp³-hybridized carbons (Fsp3) is 0.500. The number of piperidine rings is 1. The second kappa shape index (κ2) is 7.01. The molecule has 2 aliphatic heterocycles. The smallest absolute Gasteiger partial charge is 0.277 e. The van der Waals surface area contributed by atoms with E-state index in [1.807, 2.05) is 29.2 Å². The number of aromatic amines is 1. The van der Waals surface area contributed by atoms with E-state index in [0.29, 0.717) is 18.0 Å². The van der Waals surface area contributed by atoms with Gasteiger partial charge in [0.25, 0.3) is 11.5 Å². The number of nitrogens with zero attached hydrogens (tertiary/aromatic N) is 5. The summed E-state index contributed by atoms with van der Waals surface area (Å²) in [5.41, 5.74) is 1.44. The van der Waals surface area contributed by atoms with Crippen molar-refractivity contribution >= 4 is 22.5 Å². The summed E-state index contributed by atoms with van der Waals surface area (Å²) in [6, 6.07) is 7.39. The van der Waals surface area contributed by atoms with Gasteiger partial charge in [0.1, 0.15) is 0 Å². The van der Waals surface area contributed by atoms with Gasteiger partial charge in [-0.3, -0.25) is 9.59 Å². The highest BCUT2D eigenvalue weighted by Crippen LogP contribution is 2.22. The maximum atomic E-state index is 13.2. The molecule has 0 spiro atoms. The Hall–Kier alpha value is -2.74. The van der Waals surface area contributed by atoms with Crippen molar-refractivity contribution in [3.8, 4) is 0 Å². The van der Waals surface area contributed by atoms with Crippen LogP contribution in [0.1, 0.15) is 36.2 Å². The van der Waals surface area contributed by atoms with Crippen LogP contribution in [0.25, 0.3) is 16.6 Å². The summed E-state index contributed by atoms with van der Waals surface area (Å²) in [4.78, 5) is 33.0. The number of fused-ring (bicyclic) bond motifs is 3. The molecule has 2 fully saturated rings. The third kappa shape index (κ3) is 2.97. The molecule has 5 rings (SSSR count). The number of hydrogen-bond donors (Lipinski definition) is 1. The van der Waals surface area contributed by atoms with Crippen molar-refractivity contribution in [2.75, 3.05) is 32.7 Å². The lowest BCUT2D eigenvalue weighted by Crippen LogP contribution is -2.43. The number of amides is 1. The van der Waals surface area contributed by atoms with E-state index in [2.05, 4.69) is 20.2 Å². The fourth-order valence-corrected chi connectivity index (χ4v) is 4.62. The molecule has 2 aliphatic rings. The Kier molecular flexibility index (Phi) is 4.35. The van der Waals surface area contributed by atoms with E-state index in [0.717, 1.165) is 31.4 Å². The van der Waals surface area contributed by atoms with E-state index in [1.54, 1.807) is 0 Å². The van der Waals surface area contributed by atoms with Crippen LogP contribution in [0.2, 0.25) is 0 Å². The van der Waals surface area contributed by atoms with E-state index in [-0.39, 0.29) is 22.7 Å². The first kappa shape index (κ1) is 17.4. The molecule has 0 radical (unpaired) electrons. The number of carbonyl (C=O) groups excluding carboxylic acids is 1. The molecule has 28 heavy (non-hydrogen) atoms. The standard InChI is InChI=1S/C20H24N6O2/c27-19-18-17(22-23-26(18)16-8-2-1-7-15(16)21-19)20(28)25-11-5-6-14(13-25)12-24-9-3-4-10-24/h1-2,7-8,14H,3-6,9-13H2,(H,21,27)/t14-/m0/s1. The Labute approximate surface area is 162 Å². The van der Waals surface area contributed by atoms with Crippen molar-refractivity contribution in [1.82, 2.24) is 29.6 Å². The monoisotopic (exact) mass is 380 g/mol. The van der Waals surface area contributed by atoms with Gasteiger partial charge < -0.3 is 14.8 Å². The molecule has 0 aliphatic carbocycles. The molecule has 1 N–H and O–H groups in total. The average molecular weight is 380 g/mol. The first-order valence-electron chi connectivity index (χ1n) is 10.1. The van der Waals surface area contributed by atoms with Crippen LogP contribution < -0.4 is 5.56 Å². The van der Waals surface area contributed by atoms with Gasteiger partial charge in [-0.25, -0.2) is 4.52 Å². The molecule has 0 unspecified atom stereocenters. The van der Waals surface area contributed by atoms with Crippen LogP contribution in [-0.4, -0.2) is 68.2 Å². The number of nitrogens with one attached hydrogen (secondary N) is 1.